The molecule has 2 aliphatic heterocycles. The van der Waals surface area contributed by atoms with Gasteiger partial charge in [0.25, 0.3) is 5.91 Å². The number of pyridine rings is 1. The molecule has 1 aromatic heterocycles. The minimum absolute atomic E-state index is 0.00220. The SMILES string of the molecule is CC(C)c1ccc(NC(=O)c2cnc3c(c2)N(CC2CCOCC2)C(=O)CN3)cc1. The number of rotatable bonds is 5. The average molecular weight is 409 g/mol. The Morgan fingerprint density at radius 2 is 2.00 bits per heavy atom. The third kappa shape index (κ3) is 4.46. The second-order valence-corrected chi connectivity index (χ2v) is 8.24. The van der Waals surface area contributed by atoms with Crippen LogP contribution in [0.1, 0.15) is 48.5 Å². The molecule has 0 aliphatic carbocycles. The number of benzene rings is 1. The van der Waals surface area contributed by atoms with E-state index in [1.807, 2.05) is 24.3 Å². The lowest BCUT2D eigenvalue weighted by atomic mass is 9.99. The minimum atomic E-state index is -0.244. The van der Waals surface area contributed by atoms with Crippen molar-refractivity contribution >= 4 is 29.0 Å². The number of amides is 2. The Morgan fingerprint density at radius 1 is 1.27 bits per heavy atom. The van der Waals surface area contributed by atoms with Crippen LogP contribution in [0.5, 0.6) is 0 Å². The number of hydrogen-bond acceptors (Lipinski definition) is 5. The van der Waals surface area contributed by atoms with Crippen LogP contribution in [0.4, 0.5) is 17.2 Å². The fourth-order valence-electron chi connectivity index (χ4n) is 3.85. The summed E-state index contributed by atoms with van der Waals surface area (Å²) in [6.45, 7) is 6.57. The highest BCUT2D eigenvalue weighted by molar-refractivity contribution is 6.07. The van der Waals surface area contributed by atoms with E-state index in [0.717, 1.165) is 31.7 Å². The van der Waals surface area contributed by atoms with Crippen molar-refractivity contribution in [2.45, 2.75) is 32.6 Å². The van der Waals surface area contributed by atoms with Gasteiger partial charge in [0.1, 0.15) is 5.82 Å². The van der Waals surface area contributed by atoms with Crippen LogP contribution in [-0.2, 0) is 9.53 Å². The summed E-state index contributed by atoms with van der Waals surface area (Å²) in [4.78, 5) is 31.6. The third-order valence-electron chi connectivity index (χ3n) is 5.75. The van der Waals surface area contributed by atoms with Gasteiger partial charge in [-0.05, 0) is 48.4 Å². The van der Waals surface area contributed by atoms with E-state index in [-0.39, 0.29) is 18.4 Å². The van der Waals surface area contributed by atoms with Crippen LogP contribution in [0.2, 0.25) is 0 Å². The number of nitrogens with zero attached hydrogens (tertiary/aromatic N) is 2. The maximum Gasteiger partial charge on any atom is 0.257 e. The van der Waals surface area contributed by atoms with E-state index in [4.69, 9.17) is 4.74 Å². The zero-order valence-corrected chi connectivity index (χ0v) is 17.5. The average Bonchev–Trinajstić information content (AvgIpc) is 2.76. The van der Waals surface area contributed by atoms with Crippen molar-refractivity contribution in [1.82, 2.24) is 4.98 Å². The Balaban J connectivity index is 1.52. The number of anilines is 3. The highest BCUT2D eigenvalue weighted by atomic mass is 16.5. The van der Waals surface area contributed by atoms with E-state index >= 15 is 0 Å². The molecule has 0 bridgehead atoms. The van der Waals surface area contributed by atoms with Gasteiger partial charge in [0.05, 0.1) is 17.8 Å². The van der Waals surface area contributed by atoms with Crippen LogP contribution in [0.25, 0.3) is 0 Å². The summed E-state index contributed by atoms with van der Waals surface area (Å²) >= 11 is 0. The van der Waals surface area contributed by atoms with Gasteiger partial charge in [0, 0.05) is 31.6 Å². The molecule has 1 fully saturated rings. The van der Waals surface area contributed by atoms with Gasteiger partial charge in [-0.2, -0.15) is 0 Å². The van der Waals surface area contributed by atoms with Crippen molar-refractivity contribution in [3.63, 3.8) is 0 Å². The van der Waals surface area contributed by atoms with Gasteiger partial charge in [0.15, 0.2) is 0 Å². The van der Waals surface area contributed by atoms with Gasteiger partial charge in [-0.15, -0.1) is 0 Å². The Labute approximate surface area is 176 Å². The van der Waals surface area contributed by atoms with E-state index in [2.05, 4.69) is 29.5 Å². The zero-order valence-electron chi connectivity index (χ0n) is 17.5. The molecule has 3 heterocycles. The lowest BCUT2D eigenvalue weighted by molar-refractivity contribution is -0.117. The Hall–Kier alpha value is -2.93. The summed E-state index contributed by atoms with van der Waals surface area (Å²) < 4.78 is 5.43. The molecule has 7 nitrogen and oxygen atoms in total. The first-order chi connectivity index (χ1) is 14.5. The molecule has 7 heteroatoms. The summed E-state index contributed by atoms with van der Waals surface area (Å²) in [6.07, 6.45) is 3.42. The number of carbonyl (C=O) groups is 2. The molecule has 1 aromatic carbocycles. The summed E-state index contributed by atoms with van der Waals surface area (Å²) in [5.41, 5.74) is 3.04. The molecule has 0 radical (unpaired) electrons. The first kappa shape index (κ1) is 20.3. The fraction of sp³-hybridized carbons (Fsp3) is 0.435. The number of aromatic nitrogens is 1. The van der Waals surface area contributed by atoms with Gasteiger partial charge >= 0.3 is 0 Å². The summed E-state index contributed by atoms with van der Waals surface area (Å²) in [7, 11) is 0. The van der Waals surface area contributed by atoms with E-state index in [1.54, 1.807) is 17.2 Å². The second kappa shape index (κ2) is 8.83. The molecule has 30 heavy (non-hydrogen) atoms. The molecule has 2 aliphatic rings. The number of nitrogens with one attached hydrogen (secondary N) is 2. The Kier molecular flexibility index (Phi) is 5.99. The second-order valence-electron chi connectivity index (χ2n) is 8.24. The topological polar surface area (TPSA) is 83.6 Å². The zero-order chi connectivity index (χ0) is 21.1. The summed E-state index contributed by atoms with van der Waals surface area (Å²) in [5, 5.41) is 5.97. The number of hydrogen-bond donors (Lipinski definition) is 2. The van der Waals surface area contributed by atoms with E-state index in [0.29, 0.717) is 35.4 Å². The third-order valence-corrected chi connectivity index (χ3v) is 5.75. The van der Waals surface area contributed by atoms with Gasteiger partial charge < -0.3 is 20.3 Å². The van der Waals surface area contributed by atoms with Crippen molar-refractivity contribution in [2.75, 3.05) is 41.8 Å². The van der Waals surface area contributed by atoms with Gasteiger partial charge in [0.2, 0.25) is 5.91 Å². The van der Waals surface area contributed by atoms with Crippen molar-refractivity contribution in [2.24, 2.45) is 5.92 Å². The van der Waals surface area contributed by atoms with Crippen LogP contribution in [0.15, 0.2) is 36.5 Å². The molecule has 0 atom stereocenters. The summed E-state index contributed by atoms with van der Waals surface area (Å²) in [5.74, 6) is 1.22. The fourth-order valence-corrected chi connectivity index (χ4v) is 3.85. The largest absolute Gasteiger partial charge is 0.381 e. The first-order valence-electron chi connectivity index (χ1n) is 10.5. The van der Waals surface area contributed by atoms with Crippen LogP contribution < -0.4 is 15.5 Å². The van der Waals surface area contributed by atoms with Gasteiger partial charge in [-0.3, -0.25) is 9.59 Å². The molecular weight excluding hydrogens is 380 g/mol. The predicted octanol–water partition coefficient (Wildman–Crippen LogP) is 3.64. The van der Waals surface area contributed by atoms with Gasteiger partial charge in [-0.1, -0.05) is 26.0 Å². The van der Waals surface area contributed by atoms with Crippen LogP contribution in [0, 0.1) is 5.92 Å². The van der Waals surface area contributed by atoms with Crippen molar-refractivity contribution in [1.29, 1.82) is 0 Å². The smallest absolute Gasteiger partial charge is 0.257 e. The van der Waals surface area contributed by atoms with Gasteiger partial charge in [-0.25, -0.2) is 4.98 Å². The van der Waals surface area contributed by atoms with Crippen molar-refractivity contribution < 1.29 is 14.3 Å². The molecule has 1 saturated heterocycles. The number of carbonyl (C=O) groups excluding carboxylic acids is 2. The lowest BCUT2D eigenvalue weighted by Crippen LogP contribution is -2.44. The quantitative estimate of drug-likeness (QED) is 0.789. The molecule has 2 amide bonds. The maximum atomic E-state index is 12.8. The Morgan fingerprint density at radius 3 is 2.70 bits per heavy atom. The van der Waals surface area contributed by atoms with Crippen molar-refractivity contribution in [3.05, 3.63) is 47.7 Å². The molecule has 158 valence electrons. The molecular formula is C23H28N4O3. The standard InChI is InChI=1S/C23H28N4O3/c1-15(2)17-3-5-19(6-4-17)26-23(29)18-11-20-22(24-12-18)25-13-21(28)27(20)14-16-7-9-30-10-8-16/h3-6,11-12,15-16H,7-10,13-14H2,1-2H3,(H,24,25)(H,26,29). The predicted molar refractivity (Wildman–Crippen MR) is 117 cm³/mol. The molecule has 2 aromatic rings. The number of fused-ring (bicyclic) bond motifs is 1. The molecule has 2 N–H and O–H groups in total. The van der Waals surface area contributed by atoms with E-state index in [1.165, 1.54) is 5.56 Å². The highest BCUT2D eigenvalue weighted by Crippen LogP contribution is 2.31. The maximum absolute atomic E-state index is 12.8. The Bertz CT molecular complexity index is 921. The van der Waals surface area contributed by atoms with Crippen molar-refractivity contribution in [3.8, 4) is 0 Å². The highest BCUT2D eigenvalue weighted by Gasteiger charge is 2.29. The lowest BCUT2D eigenvalue weighted by Gasteiger charge is -2.33. The van der Waals surface area contributed by atoms with E-state index < -0.39 is 0 Å². The monoisotopic (exact) mass is 408 g/mol. The summed E-state index contributed by atoms with van der Waals surface area (Å²) in [6, 6.07) is 9.60. The molecule has 0 spiro atoms. The first-order valence-corrected chi connectivity index (χ1v) is 10.5. The van der Waals surface area contributed by atoms with Crippen LogP contribution in [-0.4, -0.2) is 43.1 Å². The van der Waals surface area contributed by atoms with Crippen LogP contribution in [0.3, 0.4) is 0 Å². The van der Waals surface area contributed by atoms with Crippen LogP contribution >= 0.6 is 0 Å². The molecule has 4 rings (SSSR count). The molecule has 0 unspecified atom stereocenters. The van der Waals surface area contributed by atoms with E-state index in [9.17, 15) is 9.59 Å². The number of ether oxygens (including phenoxy) is 1. The normalized spacial score (nSPS) is 16.9. The molecule has 0 saturated carbocycles. The minimum Gasteiger partial charge on any atom is -0.381 e.